The van der Waals surface area contributed by atoms with Crippen LogP contribution in [0.4, 0.5) is 11.4 Å². The number of hydrogen-bond donors (Lipinski definition) is 1. The second-order valence-corrected chi connectivity index (χ2v) is 8.19. The number of nitrogens with one attached hydrogen (secondary N) is 1. The molecule has 2 aromatic carbocycles. The van der Waals surface area contributed by atoms with Gasteiger partial charge in [-0.1, -0.05) is 47.1 Å². The number of hydrogen-bond acceptors (Lipinski definition) is 4. The first-order valence-corrected chi connectivity index (χ1v) is 9.81. The van der Waals surface area contributed by atoms with Crippen LogP contribution in [0.2, 0.25) is 10.0 Å². The zero-order chi connectivity index (χ0) is 19.6. The largest absolute Gasteiger partial charge is 0.325 e. The SMILES string of the molecule is Cc1cccc(NC(=O)C2CC(=O)N(C)C(=Nc3cc(Cl)cc(Cl)c3)S2)c1. The van der Waals surface area contributed by atoms with Gasteiger partial charge < -0.3 is 5.32 Å². The molecule has 1 N–H and O–H groups in total. The highest BCUT2D eigenvalue weighted by molar-refractivity contribution is 8.15. The lowest BCUT2D eigenvalue weighted by molar-refractivity contribution is -0.128. The minimum Gasteiger partial charge on any atom is -0.325 e. The van der Waals surface area contributed by atoms with E-state index in [0.29, 0.717) is 26.6 Å². The van der Waals surface area contributed by atoms with Gasteiger partial charge in [0.2, 0.25) is 11.8 Å². The van der Waals surface area contributed by atoms with Crippen LogP contribution >= 0.6 is 35.0 Å². The number of aryl methyl sites for hydroxylation is 1. The highest BCUT2D eigenvalue weighted by atomic mass is 35.5. The van der Waals surface area contributed by atoms with E-state index in [4.69, 9.17) is 23.2 Å². The molecule has 140 valence electrons. The van der Waals surface area contributed by atoms with E-state index >= 15 is 0 Å². The van der Waals surface area contributed by atoms with Crippen molar-refractivity contribution in [3.63, 3.8) is 0 Å². The fourth-order valence-electron chi connectivity index (χ4n) is 2.56. The van der Waals surface area contributed by atoms with Crippen LogP contribution in [0.25, 0.3) is 0 Å². The van der Waals surface area contributed by atoms with Gasteiger partial charge in [0.05, 0.1) is 5.69 Å². The lowest BCUT2D eigenvalue weighted by Gasteiger charge is -2.28. The molecule has 0 aromatic heterocycles. The number of aliphatic imine (C=N–C) groups is 1. The molecule has 5 nitrogen and oxygen atoms in total. The smallest absolute Gasteiger partial charge is 0.238 e. The first-order chi connectivity index (χ1) is 12.8. The molecule has 0 bridgehead atoms. The summed E-state index contributed by atoms with van der Waals surface area (Å²) < 4.78 is 0. The summed E-state index contributed by atoms with van der Waals surface area (Å²) in [6.45, 7) is 1.95. The lowest BCUT2D eigenvalue weighted by Crippen LogP contribution is -2.43. The molecule has 3 rings (SSSR count). The molecule has 1 aliphatic rings. The molecule has 1 atom stereocenters. The molecule has 1 heterocycles. The minimum atomic E-state index is -0.567. The number of halogens is 2. The van der Waals surface area contributed by atoms with Gasteiger partial charge in [0.1, 0.15) is 5.25 Å². The molecular formula is C19H17Cl2N3O2S. The van der Waals surface area contributed by atoms with Crippen molar-refractivity contribution < 1.29 is 9.59 Å². The predicted molar refractivity (Wildman–Crippen MR) is 112 cm³/mol. The summed E-state index contributed by atoms with van der Waals surface area (Å²) in [5, 5.41) is 3.62. The summed E-state index contributed by atoms with van der Waals surface area (Å²) in [6, 6.07) is 12.4. The number of carbonyl (C=O) groups excluding carboxylic acids is 2. The number of carbonyl (C=O) groups is 2. The van der Waals surface area contributed by atoms with E-state index < -0.39 is 5.25 Å². The fraction of sp³-hybridized carbons (Fsp3) is 0.211. The summed E-state index contributed by atoms with van der Waals surface area (Å²) in [6.07, 6.45) is 0.105. The van der Waals surface area contributed by atoms with Crippen LogP contribution in [0.3, 0.4) is 0 Å². The monoisotopic (exact) mass is 421 g/mol. The maximum absolute atomic E-state index is 12.6. The molecule has 1 fully saturated rings. The van der Waals surface area contributed by atoms with Crippen molar-refractivity contribution in [1.29, 1.82) is 0 Å². The Bertz CT molecular complexity index is 913. The Labute approximate surface area is 171 Å². The average molecular weight is 422 g/mol. The molecule has 0 aliphatic carbocycles. The van der Waals surface area contributed by atoms with Gasteiger partial charge in [0, 0.05) is 29.2 Å². The number of amidine groups is 1. The Kier molecular flexibility index (Phi) is 6.09. The second-order valence-electron chi connectivity index (χ2n) is 6.14. The van der Waals surface area contributed by atoms with Crippen LogP contribution in [0.15, 0.2) is 47.5 Å². The zero-order valence-electron chi connectivity index (χ0n) is 14.7. The normalized spacial score (nSPS) is 18.7. The van der Waals surface area contributed by atoms with Crippen molar-refractivity contribution >= 4 is 63.3 Å². The number of benzene rings is 2. The Morgan fingerprint density at radius 1 is 1.22 bits per heavy atom. The minimum absolute atomic E-state index is 0.105. The molecule has 2 amide bonds. The van der Waals surface area contributed by atoms with Crippen LogP contribution in [-0.2, 0) is 9.59 Å². The number of thioether (sulfide) groups is 1. The van der Waals surface area contributed by atoms with Gasteiger partial charge in [0.15, 0.2) is 5.17 Å². The van der Waals surface area contributed by atoms with Crippen LogP contribution < -0.4 is 5.32 Å². The van der Waals surface area contributed by atoms with Crippen molar-refractivity contribution in [2.45, 2.75) is 18.6 Å². The Balaban J connectivity index is 1.81. The van der Waals surface area contributed by atoms with Gasteiger partial charge in [0.25, 0.3) is 0 Å². The molecule has 0 saturated carbocycles. The summed E-state index contributed by atoms with van der Waals surface area (Å²) in [5.41, 5.74) is 2.27. The molecule has 2 aromatic rings. The van der Waals surface area contributed by atoms with Crippen molar-refractivity contribution in [2.24, 2.45) is 4.99 Å². The van der Waals surface area contributed by atoms with E-state index in [1.165, 1.54) is 16.7 Å². The van der Waals surface area contributed by atoms with Crippen LogP contribution in [0.1, 0.15) is 12.0 Å². The summed E-state index contributed by atoms with van der Waals surface area (Å²) >= 11 is 13.3. The number of rotatable bonds is 3. The molecule has 0 radical (unpaired) electrons. The molecule has 8 heteroatoms. The summed E-state index contributed by atoms with van der Waals surface area (Å²) in [4.78, 5) is 30.9. The van der Waals surface area contributed by atoms with Gasteiger partial charge in [-0.2, -0.15) is 0 Å². The van der Waals surface area contributed by atoms with Crippen molar-refractivity contribution in [3.8, 4) is 0 Å². The third-order valence-electron chi connectivity index (χ3n) is 3.92. The van der Waals surface area contributed by atoms with E-state index in [0.717, 1.165) is 5.56 Å². The van der Waals surface area contributed by atoms with Crippen molar-refractivity contribution in [2.75, 3.05) is 12.4 Å². The van der Waals surface area contributed by atoms with Crippen LogP contribution in [-0.4, -0.2) is 34.2 Å². The van der Waals surface area contributed by atoms with Gasteiger partial charge in [-0.15, -0.1) is 0 Å². The van der Waals surface area contributed by atoms with Gasteiger partial charge in [-0.05, 0) is 42.8 Å². The Morgan fingerprint density at radius 3 is 2.59 bits per heavy atom. The standard InChI is InChI=1S/C19H17Cl2N3O2S/c1-11-4-3-5-14(6-11)22-18(26)16-10-17(25)24(2)19(27-16)23-15-8-12(20)7-13(21)9-15/h3-9,16H,10H2,1-2H3,(H,22,26). The predicted octanol–water partition coefficient (Wildman–Crippen LogP) is 4.89. The Hall–Kier alpha value is -2.02. The van der Waals surface area contributed by atoms with E-state index in [1.807, 2.05) is 31.2 Å². The van der Waals surface area contributed by atoms with Gasteiger partial charge >= 0.3 is 0 Å². The topological polar surface area (TPSA) is 61.8 Å². The number of anilines is 1. The second kappa shape index (κ2) is 8.33. The molecule has 27 heavy (non-hydrogen) atoms. The van der Waals surface area contributed by atoms with Crippen molar-refractivity contribution in [3.05, 3.63) is 58.1 Å². The van der Waals surface area contributed by atoms with E-state index in [-0.39, 0.29) is 18.2 Å². The summed E-state index contributed by atoms with van der Waals surface area (Å²) in [7, 11) is 1.63. The first-order valence-electron chi connectivity index (χ1n) is 8.17. The highest BCUT2D eigenvalue weighted by Gasteiger charge is 2.34. The Morgan fingerprint density at radius 2 is 1.93 bits per heavy atom. The van der Waals surface area contributed by atoms with E-state index in [2.05, 4.69) is 10.3 Å². The molecule has 1 unspecified atom stereocenters. The zero-order valence-corrected chi connectivity index (χ0v) is 17.0. The van der Waals surface area contributed by atoms with E-state index in [9.17, 15) is 9.59 Å². The average Bonchev–Trinajstić information content (AvgIpc) is 2.58. The quantitative estimate of drug-likeness (QED) is 0.766. The maximum Gasteiger partial charge on any atom is 0.238 e. The molecule has 0 spiro atoms. The third-order valence-corrected chi connectivity index (χ3v) is 5.60. The third kappa shape index (κ3) is 5.03. The van der Waals surface area contributed by atoms with Gasteiger partial charge in [-0.3, -0.25) is 14.5 Å². The van der Waals surface area contributed by atoms with E-state index in [1.54, 1.807) is 25.2 Å². The van der Waals surface area contributed by atoms with Crippen LogP contribution in [0, 0.1) is 6.92 Å². The molecule has 1 aliphatic heterocycles. The highest BCUT2D eigenvalue weighted by Crippen LogP contribution is 2.31. The maximum atomic E-state index is 12.6. The summed E-state index contributed by atoms with van der Waals surface area (Å²) in [5.74, 6) is -0.408. The first kappa shape index (κ1) is 19.7. The molecule has 1 saturated heterocycles. The van der Waals surface area contributed by atoms with Gasteiger partial charge in [-0.25, -0.2) is 4.99 Å². The number of amides is 2. The van der Waals surface area contributed by atoms with Crippen molar-refractivity contribution in [1.82, 2.24) is 4.90 Å². The lowest BCUT2D eigenvalue weighted by atomic mass is 10.2. The fourth-order valence-corrected chi connectivity index (χ4v) is 4.14. The van der Waals surface area contributed by atoms with Crippen LogP contribution in [0.5, 0.6) is 0 Å². The molecular weight excluding hydrogens is 405 g/mol. The number of nitrogens with zero attached hydrogens (tertiary/aromatic N) is 2.